The van der Waals surface area contributed by atoms with Crippen LogP contribution in [-0.4, -0.2) is 27.4 Å². The monoisotopic (exact) mass is 271 g/mol. The smallest absolute Gasteiger partial charge is 0.270 e. The van der Waals surface area contributed by atoms with Crippen LogP contribution < -0.4 is 10.6 Å². The average Bonchev–Trinajstić information content (AvgIpc) is 2.46. The zero-order chi connectivity index (χ0) is 14.4. The molecule has 0 aliphatic rings. The van der Waals surface area contributed by atoms with E-state index in [2.05, 4.69) is 25.6 Å². The number of hydrogen-bond acceptors (Lipinski definition) is 5. The van der Waals surface area contributed by atoms with Crippen LogP contribution in [0.15, 0.2) is 30.6 Å². The van der Waals surface area contributed by atoms with E-state index in [1.807, 2.05) is 19.9 Å². The molecule has 2 rings (SSSR count). The first kappa shape index (κ1) is 13.9. The molecule has 0 radical (unpaired) electrons. The van der Waals surface area contributed by atoms with E-state index in [1.165, 1.54) is 0 Å². The third kappa shape index (κ3) is 3.74. The van der Waals surface area contributed by atoms with Crippen molar-refractivity contribution in [2.24, 2.45) is 0 Å². The lowest BCUT2D eigenvalue weighted by Gasteiger charge is -2.06. The Bertz CT molecular complexity index is 582. The van der Waals surface area contributed by atoms with Gasteiger partial charge in [-0.1, -0.05) is 0 Å². The van der Waals surface area contributed by atoms with Crippen molar-refractivity contribution in [3.05, 3.63) is 47.8 Å². The van der Waals surface area contributed by atoms with Crippen LogP contribution in [-0.2, 0) is 6.54 Å². The highest BCUT2D eigenvalue weighted by Crippen LogP contribution is 2.05. The number of rotatable bonds is 5. The van der Waals surface area contributed by atoms with Crippen LogP contribution in [0.2, 0.25) is 0 Å². The second-order valence-corrected chi connectivity index (χ2v) is 4.24. The molecular formula is C14H17N5O. The lowest BCUT2D eigenvalue weighted by Crippen LogP contribution is -2.24. The maximum Gasteiger partial charge on any atom is 0.270 e. The summed E-state index contributed by atoms with van der Waals surface area (Å²) in [5, 5.41) is 5.91. The Morgan fingerprint density at radius 1 is 1.25 bits per heavy atom. The van der Waals surface area contributed by atoms with E-state index in [1.54, 1.807) is 24.5 Å². The Morgan fingerprint density at radius 3 is 2.75 bits per heavy atom. The molecule has 0 spiro atoms. The number of amides is 1. The molecule has 0 saturated carbocycles. The molecule has 20 heavy (non-hydrogen) atoms. The molecule has 0 bridgehead atoms. The minimum Gasteiger partial charge on any atom is -0.384 e. The molecule has 1 amide bonds. The van der Waals surface area contributed by atoms with Gasteiger partial charge in [0, 0.05) is 12.7 Å². The van der Waals surface area contributed by atoms with Crippen LogP contribution in [0.3, 0.4) is 0 Å². The molecule has 2 aromatic heterocycles. The van der Waals surface area contributed by atoms with Crippen LogP contribution >= 0.6 is 0 Å². The summed E-state index contributed by atoms with van der Waals surface area (Å²) in [6.45, 7) is 5.00. The summed E-state index contributed by atoms with van der Waals surface area (Å²) in [5.74, 6) is 0.467. The zero-order valence-corrected chi connectivity index (χ0v) is 11.6. The van der Waals surface area contributed by atoms with Gasteiger partial charge in [0.2, 0.25) is 0 Å². The predicted octanol–water partition coefficient (Wildman–Crippen LogP) is 1.54. The summed E-state index contributed by atoms with van der Waals surface area (Å²) in [7, 11) is 0. The fourth-order valence-corrected chi connectivity index (χ4v) is 1.70. The number of nitrogens with zero attached hydrogens (tertiary/aromatic N) is 3. The van der Waals surface area contributed by atoms with Crippen LogP contribution in [0.4, 0.5) is 5.69 Å². The third-order valence-corrected chi connectivity index (χ3v) is 2.64. The van der Waals surface area contributed by atoms with Crippen molar-refractivity contribution in [2.75, 3.05) is 11.9 Å². The minimum atomic E-state index is -0.218. The summed E-state index contributed by atoms with van der Waals surface area (Å²) < 4.78 is 0. The highest BCUT2D eigenvalue weighted by atomic mass is 16.1. The standard InChI is InChI=1S/C14H17N5O/c1-3-15-11-4-5-13(17-8-11)14(20)18-9-12-6-7-16-10(2)19-12/h4-8,15H,3,9H2,1-2H3,(H,18,20). The van der Waals surface area contributed by atoms with Gasteiger partial charge in [0.05, 0.1) is 24.1 Å². The number of carbonyl (C=O) groups excluding carboxylic acids is 1. The second-order valence-electron chi connectivity index (χ2n) is 4.24. The first-order valence-electron chi connectivity index (χ1n) is 6.45. The summed E-state index contributed by atoms with van der Waals surface area (Å²) in [6, 6.07) is 5.30. The van der Waals surface area contributed by atoms with Crippen molar-refractivity contribution in [3.8, 4) is 0 Å². The highest BCUT2D eigenvalue weighted by Gasteiger charge is 2.07. The molecule has 0 aliphatic heterocycles. The van der Waals surface area contributed by atoms with Gasteiger partial charge in [-0.15, -0.1) is 0 Å². The second kappa shape index (κ2) is 6.60. The summed E-state index contributed by atoms with van der Waals surface area (Å²) in [4.78, 5) is 24.3. The topological polar surface area (TPSA) is 79.8 Å². The molecule has 6 heteroatoms. The van der Waals surface area contributed by atoms with Crippen molar-refractivity contribution < 1.29 is 4.79 Å². The highest BCUT2D eigenvalue weighted by molar-refractivity contribution is 5.92. The summed E-state index contributed by atoms with van der Waals surface area (Å²) >= 11 is 0. The van der Waals surface area contributed by atoms with E-state index in [9.17, 15) is 4.79 Å². The maximum atomic E-state index is 11.9. The number of hydrogen-bond donors (Lipinski definition) is 2. The van der Waals surface area contributed by atoms with Crippen molar-refractivity contribution in [3.63, 3.8) is 0 Å². The Kier molecular flexibility index (Phi) is 4.60. The van der Waals surface area contributed by atoms with Gasteiger partial charge in [0.25, 0.3) is 5.91 Å². The molecule has 0 saturated heterocycles. The Morgan fingerprint density at radius 2 is 2.10 bits per heavy atom. The fraction of sp³-hybridized carbons (Fsp3) is 0.286. The van der Waals surface area contributed by atoms with Gasteiger partial charge in [0.1, 0.15) is 11.5 Å². The van der Waals surface area contributed by atoms with Crippen molar-refractivity contribution in [1.82, 2.24) is 20.3 Å². The summed E-state index contributed by atoms with van der Waals surface area (Å²) in [5.41, 5.74) is 2.06. The minimum absolute atomic E-state index is 0.218. The molecular weight excluding hydrogens is 254 g/mol. The van der Waals surface area contributed by atoms with Crippen molar-refractivity contribution in [2.45, 2.75) is 20.4 Å². The number of carbonyl (C=O) groups is 1. The average molecular weight is 271 g/mol. The van der Waals surface area contributed by atoms with Crippen LogP contribution in [0.25, 0.3) is 0 Å². The first-order valence-corrected chi connectivity index (χ1v) is 6.45. The molecule has 104 valence electrons. The number of aryl methyl sites for hydroxylation is 1. The largest absolute Gasteiger partial charge is 0.384 e. The van der Waals surface area contributed by atoms with Crippen LogP contribution in [0.1, 0.15) is 28.9 Å². The Balaban J connectivity index is 1.94. The molecule has 0 fully saturated rings. The Labute approximate surface area is 117 Å². The molecule has 0 aliphatic carbocycles. The molecule has 0 aromatic carbocycles. The van der Waals surface area contributed by atoms with Crippen LogP contribution in [0, 0.1) is 6.92 Å². The van der Waals surface area contributed by atoms with Gasteiger partial charge in [-0.25, -0.2) is 15.0 Å². The molecule has 2 N–H and O–H groups in total. The lowest BCUT2D eigenvalue weighted by atomic mass is 10.3. The van der Waals surface area contributed by atoms with Gasteiger partial charge < -0.3 is 10.6 Å². The van der Waals surface area contributed by atoms with E-state index in [0.717, 1.165) is 17.9 Å². The SMILES string of the molecule is CCNc1ccc(C(=O)NCc2ccnc(C)n2)nc1. The van der Waals surface area contributed by atoms with Gasteiger partial charge >= 0.3 is 0 Å². The number of anilines is 1. The number of nitrogens with one attached hydrogen (secondary N) is 2. The normalized spacial score (nSPS) is 10.1. The molecule has 6 nitrogen and oxygen atoms in total. The molecule has 0 atom stereocenters. The van der Waals surface area contributed by atoms with E-state index in [0.29, 0.717) is 18.1 Å². The van der Waals surface area contributed by atoms with Crippen LogP contribution in [0.5, 0.6) is 0 Å². The van der Waals surface area contributed by atoms with Gasteiger partial charge in [-0.3, -0.25) is 4.79 Å². The van der Waals surface area contributed by atoms with Crippen molar-refractivity contribution in [1.29, 1.82) is 0 Å². The quantitative estimate of drug-likeness (QED) is 0.862. The van der Waals surface area contributed by atoms with E-state index >= 15 is 0 Å². The van der Waals surface area contributed by atoms with Gasteiger partial charge in [-0.05, 0) is 32.0 Å². The van der Waals surface area contributed by atoms with E-state index in [4.69, 9.17) is 0 Å². The molecule has 2 heterocycles. The third-order valence-electron chi connectivity index (χ3n) is 2.64. The van der Waals surface area contributed by atoms with Gasteiger partial charge in [-0.2, -0.15) is 0 Å². The molecule has 2 aromatic rings. The predicted molar refractivity (Wildman–Crippen MR) is 76.3 cm³/mol. The summed E-state index contributed by atoms with van der Waals surface area (Å²) in [6.07, 6.45) is 3.32. The lowest BCUT2D eigenvalue weighted by molar-refractivity contribution is 0.0945. The van der Waals surface area contributed by atoms with Crippen molar-refractivity contribution >= 4 is 11.6 Å². The Hall–Kier alpha value is -2.50. The van der Waals surface area contributed by atoms with E-state index < -0.39 is 0 Å². The first-order chi connectivity index (χ1) is 9.69. The fourth-order valence-electron chi connectivity index (χ4n) is 1.70. The van der Waals surface area contributed by atoms with E-state index in [-0.39, 0.29) is 5.91 Å². The zero-order valence-electron chi connectivity index (χ0n) is 11.6. The number of pyridine rings is 1. The maximum absolute atomic E-state index is 11.9. The van der Waals surface area contributed by atoms with Gasteiger partial charge in [0.15, 0.2) is 0 Å². The molecule has 0 unspecified atom stereocenters. The number of aromatic nitrogens is 3.